The highest BCUT2D eigenvalue weighted by Crippen LogP contribution is 2.24. The summed E-state index contributed by atoms with van der Waals surface area (Å²) < 4.78 is 26.3. The Kier molecular flexibility index (Phi) is 3.46. The summed E-state index contributed by atoms with van der Waals surface area (Å²) in [7, 11) is 0. The van der Waals surface area contributed by atoms with E-state index in [1.165, 1.54) is 11.8 Å². The van der Waals surface area contributed by atoms with Crippen LogP contribution in [0.4, 0.5) is 8.78 Å². The lowest BCUT2D eigenvalue weighted by Gasteiger charge is -2.20. The summed E-state index contributed by atoms with van der Waals surface area (Å²) in [6, 6.07) is 0.0148. The zero-order chi connectivity index (χ0) is 13.3. The van der Waals surface area contributed by atoms with E-state index in [2.05, 4.69) is 4.98 Å². The van der Waals surface area contributed by atoms with Crippen LogP contribution in [-0.2, 0) is 4.79 Å². The van der Waals surface area contributed by atoms with Gasteiger partial charge in [0.25, 0.3) is 5.91 Å². The van der Waals surface area contributed by atoms with Gasteiger partial charge >= 0.3 is 5.97 Å². The normalized spacial score (nSPS) is 19.0. The van der Waals surface area contributed by atoms with E-state index in [1.807, 2.05) is 0 Å². The molecule has 18 heavy (non-hydrogen) atoms. The van der Waals surface area contributed by atoms with E-state index >= 15 is 0 Å². The Hall–Kier alpha value is -1.70. The monoisotopic (exact) mass is 274 g/mol. The molecule has 0 aliphatic carbocycles. The summed E-state index contributed by atoms with van der Waals surface area (Å²) in [4.78, 5) is 26.9. The fourth-order valence-electron chi connectivity index (χ4n) is 1.59. The summed E-state index contributed by atoms with van der Waals surface area (Å²) in [5.74, 6) is -4.37. The molecule has 1 amide bonds. The van der Waals surface area contributed by atoms with Gasteiger partial charge in [0.15, 0.2) is 5.82 Å². The number of amides is 1. The van der Waals surface area contributed by atoms with Crippen molar-refractivity contribution in [2.24, 2.45) is 0 Å². The molecule has 1 N–H and O–H groups in total. The summed E-state index contributed by atoms with van der Waals surface area (Å²) in [5.41, 5.74) is -0.503. The van der Waals surface area contributed by atoms with Gasteiger partial charge in [0.2, 0.25) is 5.95 Å². The van der Waals surface area contributed by atoms with Gasteiger partial charge in [-0.2, -0.15) is 4.39 Å². The summed E-state index contributed by atoms with van der Waals surface area (Å²) >= 11 is 1.24. The molecule has 5 nitrogen and oxygen atoms in total. The molecule has 8 heteroatoms. The first-order valence-electron chi connectivity index (χ1n) is 4.94. The van der Waals surface area contributed by atoms with Gasteiger partial charge in [-0.25, -0.2) is 14.2 Å². The quantitative estimate of drug-likeness (QED) is 0.813. The smallest absolute Gasteiger partial charge is 0.327 e. The van der Waals surface area contributed by atoms with Crippen molar-refractivity contribution in [1.29, 1.82) is 0 Å². The van der Waals surface area contributed by atoms with E-state index in [-0.39, 0.29) is 11.6 Å². The first-order valence-corrected chi connectivity index (χ1v) is 6.09. The number of rotatable bonds is 2. The predicted octanol–water partition coefficient (Wildman–Crippen LogP) is 0.960. The van der Waals surface area contributed by atoms with Crippen LogP contribution in [0.15, 0.2) is 12.3 Å². The Labute approximate surface area is 105 Å². The van der Waals surface area contributed by atoms with Gasteiger partial charge in [0.05, 0.1) is 11.4 Å². The molecule has 0 bridgehead atoms. The maximum atomic E-state index is 13.4. The molecule has 1 aliphatic heterocycles. The zero-order valence-corrected chi connectivity index (χ0v) is 9.79. The fraction of sp³-hybridized carbons (Fsp3) is 0.300. The highest BCUT2D eigenvalue weighted by atomic mass is 32.2. The molecule has 0 radical (unpaired) electrons. The minimum Gasteiger partial charge on any atom is -0.480 e. The largest absolute Gasteiger partial charge is 0.480 e. The van der Waals surface area contributed by atoms with E-state index in [0.29, 0.717) is 0 Å². The minimum atomic E-state index is -1.38. The maximum absolute atomic E-state index is 13.4. The number of hydrogen-bond donors (Lipinski definition) is 1. The third-order valence-corrected chi connectivity index (χ3v) is 3.52. The third-order valence-electron chi connectivity index (χ3n) is 2.51. The van der Waals surface area contributed by atoms with Gasteiger partial charge in [0, 0.05) is 11.9 Å². The number of hydrogen-bond acceptors (Lipinski definition) is 4. The van der Waals surface area contributed by atoms with E-state index in [1.54, 1.807) is 0 Å². The lowest BCUT2D eigenvalue weighted by molar-refractivity contribution is -0.140. The van der Waals surface area contributed by atoms with Gasteiger partial charge < -0.3 is 10.0 Å². The number of halogens is 2. The number of nitrogens with zero attached hydrogens (tertiary/aromatic N) is 2. The third kappa shape index (κ3) is 2.15. The van der Waals surface area contributed by atoms with Crippen LogP contribution in [-0.4, -0.2) is 44.5 Å². The van der Waals surface area contributed by atoms with Crippen LogP contribution in [0.1, 0.15) is 10.4 Å². The number of aliphatic carboxylic acids is 1. The predicted molar refractivity (Wildman–Crippen MR) is 59.1 cm³/mol. The Balaban J connectivity index is 2.31. The number of pyridine rings is 1. The van der Waals surface area contributed by atoms with Crippen LogP contribution in [0.2, 0.25) is 0 Å². The Morgan fingerprint density at radius 2 is 2.22 bits per heavy atom. The summed E-state index contributed by atoms with van der Waals surface area (Å²) in [6.07, 6.45) is 0.963. The van der Waals surface area contributed by atoms with Crippen LogP contribution in [0.5, 0.6) is 0 Å². The average molecular weight is 274 g/mol. The molecule has 2 heterocycles. The van der Waals surface area contributed by atoms with Gasteiger partial charge in [0.1, 0.15) is 6.04 Å². The molecule has 2 rings (SSSR count). The SMILES string of the molecule is O=C(O)[C@@H]1CSCN1C(=O)c1ccnc(F)c1F. The van der Waals surface area contributed by atoms with Crippen LogP contribution in [0.25, 0.3) is 0 Å². The molecule has 0 spiro atoms. The molecule has 0 aromatic carbocycles. The number of thioether (sulfide) groups is 1. The Morgan fingerprint density at radius 3 is 2.89 bits per heavy atom. The number of carbonyl (C=O) groups is 2. The molecule has 96 valence electrons. The minimum absolute atomic E-state index is 0.138. The standard InChI is InChI=1S/C10H8F2N2O3S/c11-7-5(1-2-13-8(7)12)9(15)14-4-18-3-6(14)10(16)17/h1-2,6H,3-4H2,(H,16,17)/t6-/m0/s1. The van der Waals surface area contributed by atoms with Gasteiger partial charge in [-0.15, -0.1) is 11.8 Å². The van der Waals surface area contributed by atoms with Crippen LogP contribution in [0.3, 0.4) is 0 Å². The van der Waals surface area contributed by atoms with Gasteiger partial charge in [-0.3, -0.25) is 4.79 Å². The zero-order valence-electron chi connectivity index (χ0n) is 8.97. The molecule has 0 saturated carbocycles. The molecule has 0 unspecified atom stereocenters. The molecule has 1 aliphatic rings. The van der Waals surface area contributed by atoms with E-state index in [4.69, 9.17) is 5.11 Å². The first kappa shape index (κ1) is 12.7. The molecular weight excluding hydrogens is 266 g/mol. The van der Waals surface area contributed by atoms with E-state index in [0.717, 1.165) is 17.2 Å². The van der Waals surface area contributed by atoms with Crippen molar-refractivity contribution in [3.05, 3.63) is 29.6 Å². The molecule has 1 atom stereocenters. The number of aromatic nitrogens is 1. The topological polar surface area (TPSA) is 70.5 Å². The van der Waals surface area contributed by atoms with Crippen molar-refractivity contribution in [3.8, 4) is 0 Å². The number of carboxylic acid groups (broad SMARTS) is 1. The second kappa shape index (κ2) is 4.89. The van der Waals surface area contributed by atoms with E-state index < -0.39 is 35.2 Å². The highest BCUT2D eigenvalue weighted by molar-refractivity contribution is 7.99. The van der Waals surface area contributed by atoms with Crippen molar-refractivity contribution in [2.45, 2.75) is 6.04 Å². The number of carboxylic acids is 1. The lowest BCUT2D eigenvalue weighted by atomic mass is 10.2. The van der Waals surface area contributed by atoms with Gasteiger partial charge in [-0.1, -0.05) is 0 Å². The molecule has 1 aromatic heterocycles. The van der Waals surface area contributed by atoms with Crippen molar-refractivity contribution < 1.29 is 23.5 Å². The molecule has 1 aromatic rings. The summed E-state index contributed by atoms with van der Waals surface area (Å²) in [6.45, 7) is 0. The highest BCUT2D eigenvalue weighted by Gasteiger charge is 2.36. The first-order chi connectivity index (χ1) is 8.52. The molecule has 1 saturated heterocycles. The van der Waals surface area contributed by atoms with E-state index in [9.17, 15) is 18.4 Å². The molecule has 1 fully saturated rings. The summed E-state index contributed by atoms with van der Waals surface area (Å²) in [5, 5.41) is 8.92. The maximum Gasteiger partial charge on any atom is 0.327 e. The number of carbonyl (C=O) groups excluding carboxylic acids is 1. The molecular formula is C10H8F2N2O3S. The van der Waals surface area contributed by atoms with Crippen LogP contribution in [0, 0.1) is 11.8 Å². The fourth-order valence-corrected chi connectivity index (χ4v) is 2.73. The second-order valence-electron chi connectivity index (χ2n) is 3.59. The van der Waals surface area contributed by atoms with Crippen molar-refractivity contribution in [3.63, 3.8) is 0 Å². The lowest BCUT2D eigenvalue weighted by Crippen LogP contribution is -2.42. The van der Waals surface area contributed by atoms with Crippen LogP contribution < -0.4 is 0 Å². The van der Waals surface area contributed by atoms with Crippen molar-refractivity contribution in [1.82, 2.24) is 9.88 Å². The van der Waals surface area contributed by atoms with Crippen molar-refractivity contribution in [2.75, 3.05) is 11.6 Å². The van der Waals surface area contributed by atoms with Gasteiger partial charge in [-0.05, 0) is 6.07 Å². The van der Waals surface area contributed by atoms with Crippen molar-refractivity contribution >= 4 is 23.6 Å². The average Bonchev–Trinajstić information content (AvgIpc) is 2.81. The second-order valence-corrected chi connectivity index (χ2v) is 4.59. The van der Waals surface area contributed by atoms with Crippen LogP contribution >= 0.6 is 11.8 Å². The Bertz CT molecular complexity index is 512. The Morgan fingerprint density at radius 1 is 1.50 bits per heavy atom.